The topological polar surface area (TPSA) is 74.0 Å². The Kier molecular flexibility index (Phi) is 7.48. The van der Waals surface area contributed by atoms with Gasteiger partial charge in [-0.25, -0.2) is 9.37 Å². The summed E-state index contributed by atoms with van der Waals surface area (Å²) in [5.41, 5.74) is 3.14. The van der Waals surface area contributed by atoms with Crippen LogP contribution in [0.5, 0.6) is 17.2 Å². The normalized spacial score (nSPS) is 14.6. The van der Waals surface area contributed by atoms with Gasteiger partial charge in [-0.05, 0) is 66.9 Å². The van der Waals surface area contributed by atoms with E-state index in [4.69, 9.17) is 30.2 Å². The van der Waals surface area contributed by atoms with Gasteiger partial charge in [-0.3, -0.25) is 4.79 Å². The third-order valence-corrected chi connectivity index (χ3v) is 7.32. The minimum absolute atomic E-state index is 0.0233. The van der Waals surface area contributed by atoms with Crippen LogP contribution < -0.4 is 14.2 Å². The zero-order chi connectivity index (χ0) is 27.7. The summed E-state index contributed by atoms with van der Waals surface area (Å²) in [7, 11) is 4.69. The summed E-state index contributed by atoms with van der Waals surface area (Å²) in [5.74, 6) is 1.93. The van der Waals surface area contributed by atoms with Crippen molar-refractivity contribution >= 4 is 17.5 Å². The summed E-state index contributed by atoms with van der Waals surface area (Å²) in [4.78, 5) is 20.1. The van der Waals surface area contributed by atoms with Crippen LogP contribution in [0.4, 0.5) is 4.39 Å². The number of benzene rings is 3. The largest absolute Gasteiger partial charge is 0.497 e. The number of hydrogen-bond acceptors (Lipinski definition) is 6. The van der Waals surface area contributed by atoms with E-state index in [0.29, 0.717) is 47.6 Å². The number of rotatable bonds is 7. The predicted octanol–water partition coefficient (Wildman–Crippen LogP) is 6.19. The number of carbonyl (C=O) groups excluding carboxylic acids is 1. The lowest BCUT2D eigenvalue weighted by molar-refractivity contribution is -0.132. The predicted molar refractivity (Wildman–Crippen MR) is 145 cm³/mol. The molecule has 202 valence electrons. The molecule has 0 aliphatic carbocycles. The molecule has 9 heteroatoms. The summed E-state index contributed by atoms with van der Waals surface area (Å²) in [6.45, 7) is 2.13. The second-order valence-corrected chi connectivity index (χ2v) is 9.62. The molecular formula is C30H28ClFN2O5. The maximum Gasteiger partial charge on any atom is 0.229 e. The van der Waals surface area contributed by atoms with Gasteiger partial charge in [0.15, 0.2) is 11.5 Å². The molecule has 1 amide bonds. The first-order chi connectivity index (χ1) is 18.8. The van der Waals surface area contributed by atoms with Gasteiger partial charge in [-0.1, -0.05) is 23.7 Å². The van der Waals surface area contributed by atoms with Gasteiger partial charge in [-0.2, -0.15) is 0 Å². The van der Waals surface area contributed by atoms with Gasteiger partial charge in [0.1, 0.15) is 17.3 Å². The number of oxazole rings is 1. The van der Waals surface area contributed by atoms with Crippen molar-refractivity contribution in [3.8, 4) is 28.7 Å². The third-order valence-electron chi connectivity index (χ3n) is 7.00. The highest BCUT2D eigenvalue weighted by molar-refractivity contribution is 6.31. The molecule has 1 unspecified atom stereocenters. The first kappa shape index (κ1) is 26.6. The van der Waals surface area contributed by atoms with Crippen molar-refractivity contribution in [2.24, 2.45) is 0 Å². The molecule has 4 aromatic rings. The number of aromatic nitrogens is 1. The van der Waals surface area contributed by atoms with E-state index in [1.165, 1.54) is 13.2 Å². The van der Waals surface area contributed by atoms with Gasteiger partial charge in [0.25, 0.3) is 0 Å². The number of aryl methyl sites for hydroxylation is 1. The van der Waals surface area contributed by atoms with E-state index in [1.54, 1.807) is 44.2 Å². The maximum atomic E-state index is 15.3. The molecule has 0 radical (unpaired) electrons. The van der Waals surface area contributed by atoms with Crippen molar-refractivity contribution in [1.29, 1.82) is 0 Å². The number of fused-ring (bicyclic) bond motifs is 1. The number of methoxy groups -OCH3 is 3. The van der Waals surface area contributed by atoms with Crippen molar-refractivity contribution in [2.75, 3.05) is 27.9 Å². The minimum atomic E-state index is -0.764. The lowest BCUT2D eigenvalue weighted by Gasteiger charge is -2.38. The van der Waals surface area contributed by atoms with E-state index in [2.05, 4.69) is 4.98 Å². The Labute approximate surface area is 231 Å². The van der Waals surface area contributed by atoms with Crippen molar-refractivity contribution in [3.05, 3.63) is 93.6 Å². The quantitative estimate of drug-likeness (QED) is 0.273. The Morgan fingerprint density at radius 1 is 1.08 bits per heavy atom. The Balaban J connectivity index is 1.53. The summed E-state index contributed by atoms with van der Waals surface area (Å²) in [6.07, 6.45) is 0.529. The molecule has 1 aliphatic heterocycles. The van der Waals surface area contributed by atoms with E-state index in [-0.39, 0.29) is 22.9 Å². The average molecular weight is 551 g/mol. The summed E-state index contributed by atoms with van der Waals surface area (Å²) in [6, 6.07) is 14.8. The van der Waals surface area contributed by atoms with Crippen molar-refractivity contribution < 1.29 is 27.8 Å². The molecule has 1 aliphatic rings. The molecule has 39 heavy (non-hydrogen) atoms. The zero-order valence-corrected chi connectivity index (χ0v) is 22.8. The van der Waals surface area contributed by atoms with E-state index in [1.807, 2.05) is 30.3 Å². The Morgan fingerprint density at radius 2 is 1.82 bits per heavy atom. The van der Waals surface area contributed by atoms with Crippen molar-refractivity contribution in [1.82, 2.24) is 9.88 Å². The van der Waals surface area contributed by atoms with Crippen LogP contribution in [0, 0.1) is 12.7 Å². The van der Waals surface area contributed by atoms with E-state index in [9.17, 15) is 4.79 Å². The van der Waals surface area contributed by atoms with Gasteiger partial charge in [0.05, 0.1) is 39.5 Å². The van der Waals surface area contributed by atoms with Crippen LogP contribution in [0.1, 0.15) is 34.2 Å². The fourth-order valence-corrected chi connectivity index (χ4v) is 5.28. The Bertz CT molecular complexity index is 1520. The first-order valence-electron chi connectivity index (χ1n) is 12.4. The van der Waals surface area contributed by atoms with E-state index >= 15 is 4.39 Å². The van der Waals surface area contributed by atoms with Gasteiger partial charge in [0, 0.05) is 22.7 Å². The van der Waals surface area contributed by atoms with Crippen molar-refractivity contribution in [3.63, 3.8) is 0 Å². The molecule has 7 nitrogen and oxygen atoms in total. The van der Waals surface area contributed by atoms with Crippen LogP contribution in [-0.4, -0.2) is 43.7 Å². The van der Waals surface area contributed by atoms with Crippen LogP contribution in [0.2, 0.25) is 5.02 Å². The molecule has 0 saturated carbocycles. The molecule has 1 atom stereocenters. The standard InChI is InChI=1S/C30H28ClFN2O5/c1-17-24(33-30(39-17)19-7-5-8-20(13-19)36-2)16-27(35)34-12-11-18-14-25(37-3)26(38-4)15-21(18)29(34)28-22(31)9-6-10-23(28)32/h5-10,13-15,29H,11-12,16H2,1-4H3. The van der Waals surface area contributed by atoms with Crippen LogP contribution in [0.15, 0.2) is 59.0 Å². The lowest BCUT2D eigenvalue weighted by Crippen LogP contribution is -2.42. The molecule has 1 aromatic heterocycles. The van der Waals surface area contributed by atoms with E-state index in [0.717, 1.165) is 16.7 Å². The molecule has 0 saturated heterocycles. The summed E-state index contributed by atoms with van der Waals surface area (Å²) >= 11 is 6.54. The summed E-state index contributed by atoms with van der Waals surface area (Å²) in [5, 5.41) is 0.235. The highest BCUT2D eigenvalue weighted by Crippen LogP contribution is 2.44. The Hall–Kier alpha value is -4.04. The van der Waals surface area contributed by atoms with Crippen molar-refractivity contribution in [2.45, 2.75) is 25.8 Å². The molecule has 0 N–H and O–H groups in total. The second kappa shape index (κ2) is 11.0. The van der Waals surface area contributed by atoms with Gasteiger partial charge < -0.3 is 23.5 Å². The zero-order valence-electron chi connectivity index (χ0n) is 22.1. The number of nitrogens with zero attached hydrogens (tertiary/aromatic N) is 2. The van der Waals surface area contributed by atoms with Crippen LogP contribution >= 0.6 is 11.6 Å². The number of ether oxygens (including phenoxy) is 3. The fourth-order valence-electron chi connectivity index (χ4n) is 5.01. The van der Waals surface area contributed by atoms with Gasteiger partial charge in [0.2, 0.25) is 11.8 Å². The third kappa shape index (κ3) is 5.04. The molecule has 0 fully saturated rings. The van der Waals surface area contributed by atoms with Crippen LogP contribution in [0.3, 0.4) is 0 Å². The van der Waals surface area contributed by atoms with Crippen LogP contribution in [0.25, 0.3) is 11.5 Å². The SMILES string of the molecule is COc1cccc(-c2nc(CC(=O)N3CCc4cc(OC)c(OC)cc4C3c3c(F)cccc3Cl)c(C)o2)c1. The smallest absolute Gasteiger partial charge is 0.229 e. The number of hydrogen-bond donors (Lipinski definition) is 0. The van der Waals surface area contributed by atoms with Gasteiger partial charge >= 0.3 is 0 Å². The van der Waals surface area contributed by atoms with E-state index < -0.39 is 11.9 Å². The monoisotopic (exact) mass is 550 g/mol. The molecule has 0 spiro atoms. The molecule has 5 rings (SSSR count). The minimum Gasteiger partial charge on any atom is -0.497 e. The molecule has 3 aromatic carbocycles. The average Bonchev–Trinajstić information content (AvgIpc) is 3.31. The number of carbonyl (C=O) groups is 1. The lowest BCUT2D eigenvalue weighted by atomic mass is 9.87. The molecular weight excluding hydrogens is 523 g/mol. The highest BCUT2D eigenvalue weighted by atomic mass is 35.5. The van der Waals surface area contributed by atoms with Gasteiger partial charge in [-0.15, -0.1) is 0 Å². The first-order valence-corrected chi connectivity index (χ1v) is 12.8. The number of amides is 1. The maximum absolute atomic E-state index is 15.3. The fraction of sp³-hybridized carbons (Fsp3) is 0.267. The summed E-state index contributed by atoms with van der Waals surface area (Å²) < 4.78 is 37.5. The van der Waals surface area contributed by atoms with Crippen LogP contribution in [-0.2, 0) is 17.6 Å². The molecule has 0 bridgehead atoms. The highest BCUT2D eigenvalue weighted by Gasteiger charge is 2.36. The Morgan fingerprint density at radius 3 is 2.54 bits per heavy atom. The second-order valence-electron chi connectivity index (χ2n) is 9.21. The number of halogens is 2. The molecule has 2 heterocycles.